The van der Waals surface area contributed by atoms with E-state index in [4.69, 9.17) is 4.74 Å². The number of hydrogen-bond acceptors (Lipinski definition) is 6. The summed E-state index contributed by atoms with van der Waals surface area (Å²) in [6, 6.07) is 4.85. The van der Waals surface area contributed by atoms with Gasteiger partial charge in [0.15, 0.2) is 5.82 Å². The number of nitrogens with one attached hydrogen (secondary N) is 1. The van der Waals surface area contributed by atoms with E-state index in [1.165, 1.54) is 24.3 Å². The van der Waals surface area contributed by atoms with E-state index in [2.05, 4.69) is 20.2 Å². The third-order valence-corrected chi connectivity index (χ3v) is 5.20. The maximum absolute atomic E-state index is 12.5. The van der Waals surface area contributed by atoms with E-state index < -0.39 is 29.1 Å². The molecule has 8 nitrogen and oxygen atoms in total. The molecule has 0 aliphatic heterocycles. The lowest BCUT2D eigenvalue weighted by Gasteiger charge is -2.14. The average Bonchev–Trinajstić information content (AvgIpc) is 3.29. The third kappa shape index (κ3) is 4.28. The summed E-state index contributed by atoms with van der Waals surface area (Å²) in [6.45, 7) is 0.910. The van der Waals surface area contributed by atoms with Gasteiger partial charge in [0.1, 0.15) is 12.4 Å². The Hall–Kier alpha value is -2.14. The van der Waals surface area contributed by atoms with Gasteiger partial charge in [-0.15, -0.1) is 5.10 Å². The SMILES string of the molecule is C[C@H](NS(=O)(=O)c1ccc(OCC(F)F)cc1)c1nnnn1C1CC1. The summed E-state index contributed by atoms with van der Waals surface area (Å²) < 4.78 is 58.1. The number of rotatable bonds is 8. The quantitative estimate of drug-likeness (QED) is 0.756. The van der Waals surface area contributed by atoms with Crippen molar-refractivity contribution >= 4 is 10.0 Å². The summed E-state index contributed by atoms with van der Waals surface area (Å²) in [5, 5.41) is 11.4. The van der Waals surface area contributed by atoms with Gasteiger partial charge in [0, 0.05) is 0 Å². The number of benzene rings is 1. The largest absolute Gasteiger partial charge is 0.488 e. The molecular weight excluding hydrogens is 356 g/mol. The lowest BCUT2D eigenvalue weighted by molar-refractivity contribution is 0.0819. The number of hydrogen-bond donors (Lipinski definition) is 1. The summed E-state index contributed by atoms with van der Waals surface area (Å²) in [5.74, 6) is 0.618. The Kier molecular flexibility index (Phi) is 4.95. The first kappa shape index (κ1) is 17.7. The second-order valence-corrected chi connectivity index (χ2v) is 7.44. The molecule has 25 heavy (non-hydrogen) atoms. The Balaban J connectivity index is 1.69. The molecule has 1 atom stereocenters. The molecule has 1 saturated carbocycles. The van der Waals surface area contributed by atoms with Crippen LogP contribution in [0.5, 0.6) is 5.75 Å². The van der Waals surface area contributed by atoms with Gasteiger partial charge in [0.25, 0.3) is 6.43 Å². The van der Waals surface area contributed by atoms with E-state index in [0.29, 0.717) is 5.82 Å². The molecule has 0 spiro atoms. The molecular formula is C14H17F2N5O3S. The molecule has 1 aromatic carbocycles. The molecule has 0 amide bonds. The van der Waals surface area contributed by atoms with Crippen LogP contribution in [0.2, 0.25) is 0 Å². The van der Waals surface area contributed by atoms with Gasteiger partial charge in [0.05, 0.1) is 17.0 Å². The van der Waals surface area contributed by atoms with Gasteiger partial charge in [-0.2, -0.15) is 0 Å². The van der Waals surface area contributed by atoms with E-state index in [-0.39, 0.29) is 16.7 Å². The van der Waals surface area contributed by atoms with Crippen molar-refractivity contribution in [3.05, 3.63) is 30.1 Å². The number of alkyl halides is 2. The van der Waals surface area contributed by atoms with Crippen molar-refractivity contribution in [1.82, 2.24) is 24.9 Å². The van der Waals surface area contributed by atoms with Crippen LogP contribution in [0.15, 0.2) is 29.2 Å². The van der Waals surface area contributed by atoms with Crippen molar-refractivity contribution in [3.63, 3.8) is 0 Å². The van der Waals surface area contributed by atoms with Crippen molar-refractivity contribution in [1.29, 1.82) is 0 Å². The Labute approximate surface area is 143 Å². The predicted octanol–water partition coefficient (Wildman–Crippen LogP) is 1.69. The fourth-order valence-electron chi connectivity index (χ4n) is 2.29. The van der Waals surface area contributed by atoms with Crippen LogP contribution in [-0.4, -0.2) is 41.7 Å². The molecule has 1 aliphatic rings. The summed E-state index contributed by atoms with van der Waals surface area (Å²) in [7, 11) is -3.82. The van der Waals surface area contributed by atoms with Crippen LogP contribution in [0, 0.1) is 0 Å². The van der Waals surface area contributed by atoms with E-state index in [1.807, 2.05) is 0 Å². The zero-order valence-corrected chi connectivity index (χ0v) is 14.2. The normalized spacial score (nSPS) is 16.2. The second kappa shape index (κ2) is 7.00. The van der Waals surface area contributed by atoms with Crippen molar-refractivity contribution in [2.24, 2.45) is 0 Å². The molecule has 11 heteroatoms. The lowest BCUT2D eigenvalue weighted by Crippen LogP contribution is -2.29. The minimum absolute atomic E-state index is 0.00538. The second-order valence-electron chi connectivity index (χ2n) is 5.73. The zero-order chi connectivity index (χ0) is 18.0. The monoisotopic (exact) mass is 373 g/mol. The molecule has 2 aromatic rings. The highest BCUT2D eigenvalue weighted by atomic mass is 32.2. The van der Waals surface area contributed by atoms with Crippen molar-refractivity contribution in [2.45, 2.75) is 43.2 Å². The van der Waals surface area contributed by atoms with Gasteiger partial charge in [-0.1, -0.05) is 0 Å². The van der Waals surface area contributed by atoms with Gasteiger partial charge in [-0.05, 0) is 54.5 Å². The number of sulfonamides is 1. The lowest BCUT2D eigenvalue weighted by atomic mass is 10.3. The van der Waals surface area contributed by atoms with Crippen LogP contribution in [0.3, 0.4) is 0 Å². The minimum Gasteiger partial charge on any atom is -0.488 e. The first-order chi connectivity index (χ1) is 11.9. The smallest absolute Gasteiger partial charge is 0.272 e. The molecule has 0 bridgehead atoms. The molecule has 1 heterocycles. The molecule has 3 rings (SSSR count). The highest BCUT2D eigenvalue weighted by Crippen LogP contribution is 2.35. The standard InChI is InChI=1S/C14H17F2N5O3S/c1-9(14-17-19-20-21(14)10-2-3-10)18-25(22,23)12-6-4-11(5-7-12)24-8-13(15)16/h4-7,9-10,13,18H,2-3,8H2,1H3/t9-/m0/s1. The van der Waals surface area contributed by atoms with Gasteiger partial charge in [0.2, 0.25) is 10.0 Å². The Morgan fingerprint density at radius 2 is 2.00 bits per heavy atom. The molecule has 0 saturated heterocycles. The fraction of sp³-hybridized carbons (Fsp3) is 0.500. The maximum Gasteiger partial charge on any atom is 0.272 e. The van der Waals surface area contributed by atoms with Gasteiger partial charge in [-0.3, -0.25) is 0 Å². The van der Waals surface area contributed by atoms with Crippen LogP contribution < -0.4 is 9.46 Å². The number of halogens is 2. The zero-order valence-electron chi connectivity index (χ0n) is 13.3. The van der Waals surface area contributed by atoms with Crippen LogP contribution in [0.4, 0.5) is 8.78 Å². The third-order valence-electron chi connectivity index (χ3n) is 3.64. The summed E-state index contributed by atoms with van der Waals surface area (Å²) in [6.07, 6.45) is -0.654. The number of nitrogens with zero attached hydrogens (tertiary/aromatic N) is 4. The first-order valence-corrected chi connectivity index (χ1v) is 9.16. The molecule has 0 unspecified atom stereocenters. The van der Waals surface area contributed by atoms with Gasteiger partial charge >= 0.3 is 0 Å². The highest BCUT2D eigenvalue weighted by Gasteiger charge is 2.31. The van der Waals surface area contributed by atoms with E-state index in [9.17, 15) is 17.2 Å². The van der Waals surface area contributed by atoms with Crippen LogP contribution in [0.1, 0.15) is 37.7 Å². The summed E-state index contributed by atoms with van der Waals surface area (Å²) in [5.41, 5.74) is 0. The van der Waals surface area contributed by atoms with Gasteiger partial charge in [-0.25, -0.2) is 26.6 Å². The first-order valence-electron chi connectivity index (χ1n) is 7.68. The molecule has 1 aromatic heterocycles. The van der Waals surface area contributed by atoms with Gasteiger partial charge < -0.3 is 4.74 Å². The Morgan fingerprint density at radius 1 is 1.32 bits per heavy atom. The molecule has 0 radical (unpaired) electrons. The number of tetrazole rings is 1. The fourth-order valence-corrected chi connectivity index (χ4v) is 3.49. The van der Waals surface area contributed by atoms with Crippen LogP contribution in [-0.2, 0) is 10.0 Å². The molecule has 1 fully saturated rings. The average molecular weight is 373 g/mol. The predicted molar refractivity (Wildman–Crippen MR) is 82.8 cm³/mol. The minimum atomic E-state index is -3.82. The van der Waals surface area contributed by atoms with E-state index in [0.717, 1.165) is 12.8 Å². The molecule has 1 N–H and O–H groups in total. The van der Waals surface area contributed by atoms with Crippen LogP contribution >= 0.6 is 0 Å². The molecule has 136 valence electrons. The van der Waals surface area contributed by atoms with Crippen LogP contribution in [0.25, 0.3) is 0 Å². The Bertz CT molecular complexity index is 821. The van der Waals surface area contributed by atoms with Crippen molar-refractivity contribution in [3.8, 4) is 5.75 Å². The number of aromatic nitrogens is 4. The topological polar surface area (TPSA) is 99.0 Å². The Morgan fingerprint density at radius 3 is 2.60 bits per heavy atom. The highest BCUT2D eigenvalue weighted by molar-refractivity contribution is 7.89. The van der Waals surface area contributed by atoms with E-state index in [1.54, 1.807) is 11.6 Å². The summed E-state index contributed by atoms with van der Waals surface area (Å²) >= 11 is 0. The number of ether oxygens (including phenoxy) is 1. The van der Waals surface area contributed by atoms with Crippen molar-refractivity contribution in [2.75, 3.05) is 6.61 Å². The van der Waals surface area contributed by atoms with Crippen molar-refractivity contribution < 1.29 is 21.9 Å². The maximum atomic E-state index is 12.5. The molecule has 1 aliphatic carbocycles. The summed E-state index contributed by atoms with van der Waals surface area (Å²) in [4.78, 5) is -0.00538. The van der Waals surface area contributed by atoms with E-state index >= 15 is 0 Å².